The molecule has 6 nitrogen and oxygen atoms in total. The van der Waals surface area contributed by atoms with E-state index >= 15 is 0 Å². The molecule has 2 aromatic carbocycles. The van der Waals surface area contributed by atoms with E-state index in [1.165, 1.54) is 0 Å². The van der Waals surface area contributed by atoms with E-state index in [-0.39, 0.29) is 6.42 Å². The Bertz CT molecular complexity index is 1080. The molecule has 1 aliphatic rings. The van der Waals surface area contributed by atoms with Crippen LogP contribution in [-0.2, 0) is 17.6 Å². The molecule has 0 radical (unpaired) electrons. The van der Waals surface area contributed by atoms with Crippen LogP contribution in [-0.4, -0.2) is 38.7 Å². The molecule has 2 atom stereocenters. The first kappa shape index (κ1) is 18.5. The number of hydrogen-bond acceptors (Lipinski definition) is 3. The summed E-state index contributed by atoms with van der Waals surface area (Å²) in [6.07, 6.45) is 0.0784. The van der Waals surface area contributed by atoms with Gasteiger partial charge in [0.15, 0.2) is 0 Å². The number of aromatic amines is 1. The molecule has 1 heterocycles. The van der Waals surface area contributed by atoms with Crippen LogP contribution < -0.4 is 5.32 Å². The lowest BCUT2D eigenvalue weighted by Crippen LogP contribution is -2.58. The first-order chi connectivity index (χ1) is 13.3. The molecule has 0 fully saturated rings. The van der Waals surface area contributed by atoms with Crippen molar-refractivity contribution < 1.29 is 19.8 Å². The number of benzene rings is 2. The maximum Gasteiger partial charge on any atom is 0.306 e. The fourth-order valence-electron chi connectivity index (χ4n) is 3.89. The van der Waals surface area contributed by atoms with Crippen LogP contribution in [0.15, 0.2) is 48.5 Å². The first-order valence-corrected chi connectivity index (χ1v) is 9.32. The third-order valence-corrected chi connectivity index (χ3v) is 5.51. The zero-order chi connectivity index (χ0) is 19.9. The average Bonchev–Trinajstić information content (AvgIpc) is 3.04. The number of nitrogens with one attached hydrogen (secondary N) is 2. The Kier molecular flexibility index (Phi) is 4.61. The predicted octanol–water partition coefficient (Wildman–Crippen LogP) is 2.92. The lowest BCUT2D eigenvalue weighted by atomic mass is 9.75. The molecule has 7 heteroatoms. The molecule has 0 spiro atoms. The van der Waals surface area contributed by atoms with Crippen molar-refractivity contribution in [2.24, 2.45) is 0 Å². The van der Waals surface area contributed by atoms with Crippen LogP contribution in [0.5, 0.6) is 0 Å². The monoisotopic (exact) mass is 398 g/mol. The van der Waals surface area contributed by atoms with Crippen molar-refractivity contribution in [1.82, 2.24) is 10.3 Å². The van der Waals surface area contributed by atoms with E-state index in [4.69, 9.17) is 11.6 Å². The highest BCUT2D eigenvalue weighted by Crippen LogP contribution is 2.32. The number of carbonyl (C=O) groups excluding carboxylic acids is 1. The van der Waals surface area contributed by atoms with Gasteiger partial charge in [-0.1, -0.05) is 35.9 Å². The summed E-state index contributed by atoms with van der Waals surface area (Å²) in [5.41, 5.74) is 1.42. The molecule has 4 rings (SSSR count). The first-order valence-electron chi connectivity index (χ1n) is 8.94. The molecule has 1 amide bonds. The van der Waals surface area contributed by atoms with E-state index in [1.807, 2.05) is 24.3 Å². The molecule has 4 N–H and O–H groups in total. The minimum Gasteiger partial charge on any atom is -0.481 e. The highest BCUT2D eigenvalue weighted by molar-refractivity contribution is 6.31. The van der Waals surface area contributed by atoms with Gasteiger partial charge in [0.05, 0.1) is 18.1 Å². The summed E-state index contributed by atoms with van der Waals surface area (Å²) in [6.45, 7) is 0. The van der Waals surface area contributed by atoms with Crippen molar-refractivity contribution in [2.75, 3.05) is 0 Å². The molecule has 1 aromatic heterocycles. The quantitative estimate of drug-likeness (QED) is 0.542. The minimum absolute atomic E-state index is 0.169. The fraction of sp³-hybridized carbons (Fsp3) is 0.238. The van der Waals surface area contributed by atoms with Gasteiger partial charge in [-0.25, -0.2) is 0 Å². The largest absolute Gasteiger partial charge is 0.481 e. The van der Waals surface area contributed by atoms with Crippen molar-refractivity contribution in [3.63, 3.8) is 0 Å². The number of fused-ring (bicyclic) bond motifs is 2. The molecule has 0 bridgehead atoms. The lowest BCUT2D eigenvalue weighted by molar-refractivity contribution is -0.144. The Morgan fingerprint density at radius 2 is 1.93 bits per heavy atom. The Balaban J connectivity index is 1.63. The zero-order valence-electron chi connectivity index (χ0n) is 14.9. The number of carbonyl (C=O) groups is 2. The molecule has 144 valence electrons. The van der Waals surface area contributed by atoms with E-state index in [0.29, 0.717) is 17.1 Å². The molecule has 0 unspecified atom stereocenters. The van der Waals surface area contributed by atoms with Crippen molar-refractivity contribution in [3.05, 3.63) is 70.4 Å². The second kappa shape index (κ2) is 6.96. The molecule has 28 heavy (non-hydrogen) atoms. The summed E-state index contributed by atoms with van der Waals surface area (Å²) in [7, 11) is 0. The van der Waals surface area contributed by atoms with Crippen molar-refractivity contribution in [1.29, 1.82) is 0 Å². The van der Waals surface area contributed by atoms with Crippen molar-refractivity contribution >= 4 is 34.4 Å². The number of hydrogen-bond donors (Lipinski definition) is 4. The normalized spacial score (nSPS) is 21.3. The van der Waals surface area contributed by atoms with Gasteiger partial charge in [0.2, 0.25) is 0 Å². The minimum atomic E-state index is -1.56. The van der Waals surface area contributed by atoms with Crippen LogP contribution in [0.1, 0.15) is 28.0 Å². The number of H-pyrrole nitrogens is 1. The summed E-state index contributed by atoms with van der Waals surface area (Å²) >= 11 is 5.99. The summed E-state index contributed by atoms with van der Waals surface area (Å²) in [4.78, 5) is 27.2. The van der Waals surface area contributed by atoms with Gasteiger partial charge in [0.1, 0.15) is 5.69 Å². The van der Waals surface area contributed by atoms with Crippen LogP contribution in [0, 0.1) is 0 Å². The second-order valence-corrected chi connectivity index (χ2v) is 7.70. The van der Waals surface area contributed by atoms with Crippen LogP contribution >= 0.6 is 11.6 Å². The number of aromatic nitrogens is 1. The Morgan fingerprint density at radius 1 is 1.18 bits per heavy atom. The van der Waals surface area contributed by atoms with E-state index in [2.05, 4.69) is 10.3 Å². The number of carboxylic acids is 1. The molecular formula is C21H19ClN2O4. The zero-order valence-corrected chi connectivity index (χ0v) is 15.7. The maximum absolute atomic E-state index is 12.8. The predicted molar refractivity (Wildman–Crippen MR) is 106 cm³/mol. The second-order valence-electron chi connectivity index (χ2n) is 7.26. The highest BCUT2D eigenvalue weighted by Gasteiger charge is 2.43. The van der Waals surface area contributed by atoms with Gasteiger partial charge in [-0.15, -0.1) is 0 Å². The summed E-state index contributed by atoms with van der Waals surface area (Å²) in [5, 5.41) is 24.6. The number of rotatable bonds is 4. The van der Waals surface area contributed by atoms with Gasteiger partial charge >= 0.3 is 5.97 Å². The van der Waals surface area contributed by atoms with Gasteiger partial charge < -0.3 is 20.5 Å². The Morgan fingerprint density at radius 3 is 2.68 bits per heavy atom. The van der Waals surface area contributed by atoms with Gasteiger partial charge in [0.25, 0.3) is 5.91 Å². The molecule has 0 aliphatic heterocycles. The number of amides is 1. The third-order valence-electron chi connectivity index (χ3n) is 5.28. The van der Waals surface area contributed by atoms with Crippen LogP contribution in [0.3, 0.4) is 0 Å². The fourth-order valence-corrected chi connectivity index (χ4v) is 4.07. The smallest absolute Gasteiger partial charge is 0.306 e. The standard InChI is InChI=1S/C21H19ClN2O4/c22-15-5-6-16-14(7-15)8-17(23-16)20(27)24-18-9-12-3-1-2-4-13(12)10-21(18,28)11-19(25)26/h1-8,18,23,28H,9-11H2,(H,24,27)(H,25,26)/t18-,21-/m0/s1. The van der Waals surface area contributed by atoms with Crippen molar-refractivity contribution in [2.45, 2.75) is 30.9 Å². The van der Waals surface area contributed by atoms with E-state index in [9.17, 15) is 19.8 Å². The van der Waals surface area contributed by atoms with Crippen molar-refractivity contribution in [3.8, 4) is 0 Å². The number of halogens is 1. The summed E-state index contributed by atoms with van der Waals surface area (Å²) in [5.74, 6) is -1.51. The summed E-state index contributed by atoms with van der Waals surface area (Å²) in [6, 6.07) is 13.8. The van der Waals surface area contributed by atoms with E-state index in [1.54, 1.807) is 24.3 Å². The SMILES string of the molecule is O=C(O)C[C@@]1(O)Cc2ccccc2C[C@@H]1NC(=O)c1cc2cc(Cl)ccc2[nH]1. The Labute approximate surface area is 166 Å². The molecule has 0 saturated heterocycles. The number of aliphatic hydroxyl groups is 1. The van der Waals surface area contributed by atoms with Crippen LogP contribution in [0.4, 0.5) is 0 Å². The van der Waals surface area contributed by atoms with Gasteiger partial charge in [-0.3, -0.25) is 9.59 Å². The average molecular weight is 399 g/mol. The molecule has 3 aromatic rings. The van der Waals surface area contributed by atoms with Crippen LogP contribution in [0.25, 0.3) is 10.9 Å². The third kappa shape index (κ3) is 3.48. The van der Waals surface area contributed by atoms with Gasteiger partial charge in [-0.2, -0.15) is 0 Å². The maximum atomic E-state index is 12.8. The van der Waals surface area contributed by atoms with E-state index < -0.39 is 29.9 Å². The highest BCUT2D eigenvalue weighted by atomic mass is 35.5. The topological polar surface area (TPSA) is 102 Å². The van der Waals surface area contributed by atoms with E-state index in [0.717, 1.165) is 22.0 Å². The van der Waals surface area contributed by atoms with Gasteiger partial charge in [-0.05, 0) is 41.8 Å². The van der Waals surface area contributed by atoms with Crippen LogP contribution in [0.2, 0.25) is 5.02 Å². The summed E-state index contributed by atoms with van der Waals surface area (Å²) < 4.78 is 0. The number of carboxylic acid groups (broad SMARTS) is 1. The molecule has 1 aliphatic carbocycles. The Hall–Kier alpha value is -2.83. The lowest BCUT2D eigenvalue weighted by Gasteiger charge is -2.40. The molecule has 0 saturated carbocycles. The molecular weight excluding hydrogens is 380 g/mol. The van der Waals surface area contributed by atoms with Gasteiger partial charge in [0, 0.05) is 22.3 Å². The number of aliphatic carboxylic acids is 1.